The van der Waals surface area contributed by atoms with Gasteiger partial charge >= 0.3 is 6.03 Å². The molecule has 34 heavy (non-hydrogen) atoms. The van der Waals surface area contributed by atoms with Gasteiger partial charge in [0.05, 0.1) is 18.2 Å². The minimum absolute atomic E-state index is 0.302. The standard InChI is InChI=1S/C27H27N3O4/c1-3-33-23-16-20(14-15-22(23)34-17-19-10-6-4-7-11-19)25-24(18(2)28-27(32)30-25)26(31)29-21-12-8-5-9-13-21/h4-16,25H,3,17H2,1-2H3,(H,29,31)(H2,28,30,32)/t25-/m0/s1. The summed E-state index contributed by atoms with van der Waals surface area (Å²) in [7, 11) is 0. The van der Waals surface area contributed by atoms with Crippen molar-refractivity contribution in [1.82, 2.24) is 10.6 Å². The number of rotatable bonds is 8. The van der Waals surface area contributed by atoms with E-state index in [0.717, 1.165) is 5.56 Å². The van der Waals surface area contributed by atoms with Crippen LogP contribution in [0.2, 0.25) is 0 Å². The van der Waals surface area contributed by atoms with E-state index in [1.807, 2.05) is 79.7 Å². The SMILES string of the molecule is CCOc1cc([C@@H]2NC(=O)NC(C)=C2C(=O)Nc2ccccc2)ccc1OCc1ccccc1. The van der Waals surface area contributed by atoms with Crippen LogP contribution in [-0.4, -0.2) is 18.5 Å². The Labute approximate surface area is 198 Å². The van der Waals surface area contributed by atoms with Crippen LogP contribution >= 0.6 is 0 Å². The molecule has 4 rings (SSSR count). The molecule has 3 aromatic carbocycles. The highest BCUT2D eigenvalue weighted by Gasteiger charge is 2.32. The zero-order chi connectivity index (χ0) is 23.9. The molecule has 3 amide bonds. The predicted octanol–water partition coefficient (Wildman–Crippen LogP) is 4.93. The van der Waals surface area contributed by atoms with Crippen LogP contribution in [0.4, 0.5) is 10.5 Å². The number of anilines is 1. The monoisotopic (exact) mass is 457 g/mol. The molecule has 0 aromatic heterocycles. The van der Waals surface area contributed by atoms with E-state index in [-0.39, 0.29) is 11.9 Å². The molecular formula is C27H27N3O4. The molecule has 1 aliphatic heterocycles. The third kappa shape index (κ3) is 5.38. The number of ether oxygens (including phenoxy) is 2. The lowest BCUT2D eigenvalue weighted by Gasteiger charge is -2.29. The Balaban J connectivity index is 1.62. The van der Waals surface area contributed by atoms with E-state index in [1.165, 1.54) is 0 Å². The molecule has 0 fully saturated rings. The summed E-state index contributed by atoms with van der Waals surface area (Å²) >= 11 is 0. The lowest BCUT2D eigenvalue weighted by molar-refractivity contribution is -0.113. The van der Waals surface area contributed by atoms with Crippen molar-refractivity contribution < 1.29 is 19.1 Å². The number of benzene rings is 3. The van der Waals surface area contributed by atoms with Crippen LogP contribution in [0.5, 0.6) is 11.5 Å². The molecule has 3 N–H and O–H groups in total. The molecule has 0 saturated heterocycles. The summed E-state index contributed by atoms with van der Waals surface area (Å²) in [4.78, 5) is 25.5. The van der Waals surface area contributed by atoms with Crippen molar-refractivity contribution >= 4 is 17.6 Å². The Morgan fingerprint density at radius 2 is 1.65 bits per heavy atom. The van der Waals surface area contributed by atoms with Crippen LogP contribution in [0.25, 0.3) is 0 Å². The maximum Gasteiger partial charge on any atom is 0.319 e. The van der Waals surface area contributed by atoms with Gasteiger partial charge in [-0.2, -0.15) is 0 Å². The second kappa shape index (κ2) is 10.6. The Morgan fingerprint density at radius 3 is 2.35 bits per heavy atom. The van der Waals surface area contributed by atoms with Crippen LogP contribution in [0.15, 0.2) is 90.1 Å². The van der Waals surface area contributed by atoms with Crippen LogP contribution in [0.3, 0.4) is 0 Å². The number of allylic oxidation sites excluding steroid dienone is 1. The van der Waals surface area contributed by atoms with E-state index in [2.05, 4.69) is 16.0 Å². The van der Waals surface area contributed by atoms with Gasteiger partial charge in [0.2, 0.25) is 0 Å². The highest BCUT2D eigenvalue weighted by Crippen LogP contribution is 2.35. The summed E-state index contributed by atoms with van der Waals surface area (Å²) in [6.07, 6.45) is 0. The first-order valence-electron chi connectivity index (χ1n) is 11.1. The number of para-hydroxylation sites is 1. The first kappa shape index (κ1) is 22.9. The number of carbonyl (C=O) groups excluding carboxylic acids is 2. The molecule has 7 heteroatoms. The van der Waals surface area contributed by atoms with Crippen molar-refractivity contribution in [3.8, 4) is 11.5 Å². The average Bonchev–Trinajstić information content (AvgIpc) is 2.84. The molecule has 0 spiro atoms. The van der Waals surface area contributed by atoms with Gasteiger partial charge in [0.15, 0.2) is 11.5 Å². The Morgan fingerprint density at radius 1 is 0.941 bits per heavy atom. The topological polar surface area (TPSA) is 88.7 Å². The second-order valence-corrected chi connectivity index (χ2v) is 7.80. The maximum absolute atomic E-state index is 13.2. The largest absolute Gasteiger partial charge is 0.490 e. The predicted molar refractivity (Wildman–Crippen MR) is 131 cm³/mol. The molecule has 1 atom stereocenters. The summed E-state index contributed by atoms with van der Waals surface area (Å²) in [6, 6.07) is 23.5. The number of hydrogen-bond donors (Lipinski definition) is 3. The smallest absolute Gasteiger partial charge is 0.319 e. The molecule has 1 aliphatic rings. The van der Waals surface area contributed by atoms with Crippen LogP contribution in [-0.2, 0) is 11.4 Å². The highest BCUT2D eigenvalue weighted by molar-refractivity contribution is 6.06. The summed E-state index contributed by atoms with van der Waals surface area (Å²) < 4.78 is 11.8. The Hall–Kier alpha value is -4.26. The van der Waals surface area contributed by atoms with E-state index in [1.54, 1.807) is 13.0 Å². The van der Waals surface area contributed by atoms with E-state index < -0.39 is 6.04 Å². The third-order valence-corrected chi connectivity index (χ3v) is 5.38. The normalized spacial score (nSPS) is 15.2. The van der Waals surface area contributed by atoms with Crippen molar-refractivity contribution in [3.05, 3.63) is 101 Å². The first-order valence-corrected chi connectivity index (χ1v) is 11.1. The Bertz CT molecular complexity index is 1190. The van der Waals surface area contributed by atoms with E-state index >= 15 is 0 Å². The van der Waals surface area contributed by atoms with Crippen LogP contribution in [0.1, 0.15) is 31.0 Å². The highest BCUT2D eigenvalue weighted by atomic mass is 16.5. The number of amides is 3. The number of carbonyl (C=O) groups is 2. The van der Waals surface area contributed by atoms with Crippen molar-refractivity contribution in [2.75, 3.05) is 11.9 Å². The summed E-state index contributed by atoms with van der Waals surface area (Å²) in [6.45, 7) is 4.45. The molecule has 174 valence electrons. The molecule has 0 unspecified atom stereocenters. The second-order valence-electron chi connectivity index (χ2n) is 7.80. The van der Waals surface area contributed by atoms with E-state index in [4.69, 9.17) is 9.47 Å². The van der Waals surface area contributed by atoms with Gasteiger partial charge in [0, 0.05) is 11.4 Å². The van der Waals surface area contributed by atoms with Crippen molar-refractivity contribution in [3.63, 3.8) is 0 Å². The maximum atomic E-state index is 13.2. The zero-order valence-electron chi connectivity index (χ0n) is 19.1. The summed E-state index contributed by atoms with van der Waals surface area (Å²) in [5, 5.41) is 8.46. The van der Waals surface area contributed by atoms with Gasteiger partial charge in [-0.1, -0.05) is 54.6 Å². The van der Waals surface area contributed by atoms with Gasteiger partial charge < -0.3 is 25.4 Å². The van der Waals surface area contributed by atoms with Gasteiger partial charge in [-0.25, -0.2) is 4.79 Å². The molecular weight excluding hydrogens is 430 g/mol. The van der Waals surface area contributed by atoms with Crippen molar-refractivity contribution in [1.29, 1.82) is 0 Å². The number of nitrogens with one attached hydrogen (secondary N) is 3. The van der Waals surface area contributed by atoms with Crippen LogP contribution in [0, 0.1) is 0 Å². The van der Waals surface area contributed by atoms with Crippen molar-refractivity contribution in [2.45, 2.75) is 26.5 Å². The minimum Gasteiger partial charge on any atom is -0.490 e. The van der Waals surface area contributed by atoms with Gasteiger partial charge in [0.25, 0.3) is 5.91 Å². The molecule has 1 heterocycles. The van der Waals surface area contributed by atoms with Gasteiger partial charge in [0.1, 0.15) is 6.61 Å². The van der Waals surface area contributed by atoms with E-state index in [0.29, 0.717) is 47.2 Å². The molecule has 7 nitrogen and oxygen atoms in total. The number of urea groups is 1. The van der Waals surface area contributed by atoms with Gasteiger partial charge in [-0.05, 0) is 49.2 Å². The fourth-order valence-corrected chi connectivity index (χ4v) is 3.79. The summed E-state index contributed by atoms with van der Waals surface area (Å²) in [5.41, 5.74) is 3.33. The summed E-state index contributed by atoms with van der Waals surface area (Å²) in [5.74, 6) is 0.832. The molecule has 0 radical (unpaired) electrons. The average molecular weight is 458 g/mol. The lowest BCUT2D eigenvalue weighted by Crippen LogP contribution is -2.46. The van der Waals surface area contributed by atoms with Crippen molar-refractivity contribution in [2.24, 2.45) is 0 Å². The Kier molecular flexibility index (Phi) is 7.13. The first-order chi connectivity index (χ1) is 16.5. The fourth-order valence-electron chi connectivity index (χ4n) is 3.79. The molecule has 0 aliphatic carbocycles. The fraction of sp³-hybridized carbons (Fsp3) is 0.185. The quantitative estimate of drug-likeness (QED) is 0.447. The molecule has 0 bridgehead atoms. The zero-order valence-corrected chi connectivity index (χ0v) is 19.1. The minimum atomic E-state index is -0.653. The van der Waals surface area contributed by atoms with E-state index in [9.17, 15) is 9.59 Å². The third-order valence-electron chi connectivity index (χ3n) is 5.38. The van der Waals surface area contributed by atoms with Crippen LogP contribution < -0.4 is 25.4 Å². The molecule has 3 aromatic rings. The number of hydrogen-bond acceptors (Lipinski definition) is 4. The van der Waals surface area contributed by atoms with Gasteiger partial charge in [-0.3, -0.25) is 4.79 Å². The molecule has 0 saturated carbocycles. The lowest BCUT2D eigenvalue weighted by atomic mass is 9.94. The van der Waals surface area contributed by atoms with Gasteiger partial charge in [-0.15, -0.1) is 0 Å².